The molecule has 0 bridgehead atoms. The Kier molecular flexibility index (Phi) is 5.17. The molecule has 0 heterocycles. The lowest BCUT2D eigenvalue weighted by atomic mass is 9.79. The van der Waals surface area contributed by atoms with E-state index in [0.717, 1.165) is 17.6 Å². The minimum atomic E-state index is -0.0131. The average Bonchev–Trinajstić information content (AvgIpc) is 2.51. The van der Waals surface area contributed by atoms with Crippen LogP contribution in [0.5, 0.6) is 5.75 Å². The van der Waals surface area contributed by atoms with Crippen LogP contribution in [0.2, 0.25) is 0 Å². The van der Waals surface area contributed by atoms with Crippen LogP contribution in [0.25, 0.3) is 0 Å². The standard InChI is InChI=1S/C22H28O2/c1-21(2,3)18-12-9-13-19(22(4,5)6)20(18)24-15-17-11-8-7-10-16(17)14-23/h7-14H,15H2,1-6H3. The molecule has 0 aromatic heterocycles. The predicted molar refractivity (Wildman–Crippen MR) is 100 cm³/mol. The van der Waals surface area contributed by atoms with Crippen molar-refractivity contribution in [1.29, 1.82) is 0 Å². The predicted octanol–water partition coefficient (Wildman–Crippen LogP) is 5.67. The fourth-order valence-corrected chi connectivity index (χ4v) is 2.80. The molecule has 0 saturated heterocycles. The van der Waals surface area contributed by atoms with Gasteiger partial charge in [-0.2, -0.15) is 0 Å². The second-order valence-corrected chi connectivity index (χ2v) is 8.29. The third-order valence-electron chi connectivity index (χ3n) is 4.19. The minimum absolute atomic E-state index is 0.0131. The van der Waals surface area contributed by atoms with Crippen LogP contribution < -0.4 is 4.74 Å². The molecule has 24 heavy (non-hydrogen) atoms. The maximum absolute atomic E-state index is 11.2. The first kappa shape index (κ1) is 18.3. The molecule has 0 spiro atoms. The normalized spacial score (nSPS) is 12.1. The van der Waals surface area contributed by atoms with Crippen LogP contribution in [0.15, 0.2) is 42.5 Å². The molecule has 2 nitrogen and oxygen atoms in total. The van der Waals surface area contributed by atoms with Crippen LogP contribution in [0.1, 0.15) is 68.6 Å². The molecule has 0 aliphatic heterocycles. The van der Waals surface area contributed by atoms with Gasteiger partial charge in [-0.1, -0.05) is 84.0 Å². The summed E-state index contributed by atoms with van der Waals surface area (Å²) in [5.41, 5.74) is 3.96. The molecule has 0 atom stereocenters. The lowest BCUT2D eigenvalue weighted by Crippen LogP contribution is -2.19. The van der Waals surface area contributed by atoms with Gasteiger partial charge in [0.15, 0.2) is 0 Å². The van der Waals surface area contributed by atoms with Crippen LogP contribution in [0.3, 0.4) is 0 Å². The molecule has 128 valence electrons. The van der Waals surface area contributed by atoms with Crippen LogP contribution in [-0.4, -0.2) is 6.29 Å². The second-order valence-electron chi connectivity index (χ2n) is 8.29. The van der Waals surface area contributed by atoms with Crippen LogP contribution in [0.4, 0.5) is 0 Å². The molecule has 0 fully saturated rings. The first-order valence-corrected chi connectivity index (χ1v) is 8.44. The van der Waals surface area contributed by atoms with Crippen molar-refractivity contribution in [3.8, 4) is 5.75 Å². The lowest BCUT2D eigenvalue weighted by Gasteiger charge is -2.29. The number of hydrogen-bond acceptors (Lipinski definition) is 2. The van der Waals surface area contributed by atoms with E-state index < -0.39 is 0 Å². The summed E-state index contributed by atoms with van der Waals surface area (Å²) in [5.74, 6) is 0.943. The highest BCUT2D eigenvalue weighted by Crippen LogP contribution is 2.39. The van der Waals surface area contributed by atoms with E-state index in [4.69, 9.17) is 4.74 Å². The topological polar surface area (TPSA) is 26.3 Å². The third kappa shape index (κ3) is 4.05. The minimum Gasteiger partial charge on any atom is -0.488 e. The summed E-state index contributed by atoms with van der Waals surface area (Å²) in [6.07, 6.45) is 0.888. The Morgan fingerprint density at radius 2 is 1.38 bits per heavy atom. The maximum Gasteiger partial charge on any atom is 0.150 e. The van der Waals surface area contributed by atoms with Crippen molar-refractivity contribution < 1.29 is 9.53 Å². The van der Waals surface area contributed by atoms with E-state index in [0.29, 0.717) is 12.2 Å². The molecule has 2 aromatic rings. The number of para-hydroxylation sites is 1. The van der Waals surface area contributed by atoms with Crippen molar-refractivity contribution in [2.24, 2.45) is 0 Å². The zero-order valence-electron chi connectivity index (χ0n) is 15.6. The van der Waals surface area contributed by atoms with Crippen molar-refractivity contribution in [3.63, 3.8) is 0 Å². The van der Waals surface area contributed by atoms with Gasteiger partial charge in [0.25, 0.3) is 0 Å². The summed E-state index contributed by atoms with van der Waals surface area (Å²) < 4.78 is 6.29. The van der Waals surface area contributed by atoms with Crippen LogP contribution in [-0.2, 0) is 17.4 Å². The van der Waals surface area contributed by atoms with Gasteiger partial charge in [-0.25, -0.2) is 0 Å². The number of carbonyl (C=O) groups excluding carboxylic acids is 1. The molecule has 2 rings (SSSR count). The Balaban J connectivity index is 2.46. The van der Waals surface area contributed by atoms with E-state index in [-0.39, 0.29) is 10.8 Å². The molecule has 0 radical (unpaired) electrons. The number of hydrogen-bond donors (Lipinski definition) is 0. The number of aldehydes is 1. The number of rotatable bonds is 4. The van der Waals surface area contributed by atoms with Crippen molar-refractivity contribution in [2.45, 2.75) is 59.0 Å². The molecule has 0 N–H and O–H groups in total. The summed E-state index contributed by atoms with van der Waals surface area (Å²) >= 11 is 0. The molecule has 0 unspecified atom stereocenters. The van der Waals surface area contributed by atoms with Gasteiger partial charge in [0.2, 0.25) is 0 Å². The highest BCUT2D eigenvalue weighted by atomic mass is 16.5. The Hall–Kier alpha value is -2.09. The number of benzene rings is 2. The highest BCUT2D eigenvalue weighted by molar-refractivity contribution is 5.77. The molecular formula is C22H28O2. The summed E-state index contributed by atoms with van der Waals surface area (Å²) in [6, 6.07) is 14.0. The van der Waals surface area contributed by atoms with Gasteiger partial charge in [-0.05, 0) is 27.5 Å². The fourth-order valence-electron chi connectivity index (χ4n) is 2.80. The van der Waals surface area contributed by atoms with Gasteiger partial charge in [0.05, 0.1) is 0 Å². The SMILES string of the molecule is CC(C)(C)c1cccc(C(C)(C)C)c1OCc1ccccc1C=O. The highest BCUT2D eigenvalue weighted by Gasteiger charge is 2.26. The Morgan fingerprint density at radius 1 is 0.833 bits per heavy atom. The van der Waals surface area contributed by atoms with Crippen molar-refractivity contribution in [2.75, 3.05) is 0 Å². The van der Waals surface area contributed by atoms with E-state index >= 15 is 0 Å². The zero-order chi connectivity index (χ0) is 18.0. The van der Waals surface area contributed by atoms with Gasteiger partial charge in [-0.15, -0.1) is 0 Å². The third-order valence-corrected chi connectivity index (χ3v) is 4.19. The molecule has 0 saturated carbocycles. The van der Waals surface area contributed by atoms with Crippen LogP contribution >= 0.6 is 0 Å². The molecule has 0 amide bonds. The summed E-state index contributed by atoms with van der Waals surface area (Å²) in [7, 11) is 0. The maximum atomic E-state index is 11.2. The lowest BCUT2D eigenvalue weighted by molar-refractivity contribution is 0.112. The zero-order valence-corrected chi connectivity index (χ0v) is 15.6. The Bertz CT molecular complexity index is 683. The van der Waals surface area contributed by atoms with E-state index in [1.54, 1.807) is 0 Å². The van der Waals surface area contributed by atoms with Gasteiger partial charge < -0.3 is 4.74 Å². The van der Waals surface area contributed by atoms with E-state index in [9.17, 15) is 4.79 Å². The molecule has 2 aromatic carbocycles. The Labute approximate surface area is 145 Å². The van der Waals surface area contributed by atoms with Crippen LogP contribution in [0, 0.1) is 0 Å². The summed E-state index contributed by atoms with van der Waals surface area (Å²) in [6.45, 7) is 13.6. The molecule has 0 aliphatic rings. The van der Waals surface area contributed by atoms with Gasteiger partial charge in [0.1, 0.15) is 18.6 Å². The molecule has 0 aliphatic carbocycles. The Morgan fingerprint density at radius 3 is 1.88 bits per heavy atom. The van der Waals surface area contributed by atoms with Crippen molar-refractivity contribution >= 4 is 6.29 Å². The van der Waals surface area contributed by atoms with Gasteiger partial charge in [0, 0.05) is 5.56 Å². The van der Waals surface area contributed by atoms with Crippen molar-refractivity contribution in [3.05, 3.63) is 64.7 Å². The van der Waals surface area contributed by atoms with Gasteiger partial charge in [-0.3, -0.25) is 4.79 Å². The second kappa shape index (κ2) is 6.80. The number of ether oxygens (including phenoxy) is 1. The molecular weight excluding hydrogens is 296 g/mol. The summed E-state index contributed by atoms with van der Waals surface area (Å²) in [5, 5.41) is 0. The first-order chi connectivity index (χ1) is 11.1. The van der Waals surface area contributed by atoms with Gasteiger partial charge >= 0.3 is 0 Å². The summed E-state index contributed by atoms with van der Waals surface area (Å²) in [4.78, 5) is 11.2. The fraction of sp³-hybridized carbons (Fsp3) is 0.409. The van der Waals surface area contributed by atoms with E-state index in [1.165, 1.54) is 11.1 Å². The largest absolute Gasteiger partial charge is 0.488 e. The van der Waals surface area contributed by atoms with Crippen molar-refractivity contribution in [1.82, 2.24) is 0 Å². The quantitative estimate of drug-likeness (QED) is 0.677. The van der Waals surface area contributed by atoms with E-state index in [1.807, 2.05) is 24.3 Å². The number of carbonyl (C=O) groups is 1. The smallest absolute Gasteiger partial charge is 0.150 e. The monoisotopic (exact) mass is 324 g/mol. The first-order valence-electron chi connectivity index (χ1n) is 8.44. The molecule has 2 heteroatoms. The van der Waals surface area contributed by atoms with E-state index in [2.05, 4.69) is 59.7 Å². The average molecular weight is 324 g/mol.